The van der Waals surface area contributed by atoms with Crippen LogP contribution in [0.4, 0.5) is 5.82 Å². The Bertz CT molecular complexity index is 342. The number of aromatic nitrogens is 2. The van der Waals surface area contributed by atoms with Crippen LogP contribution >= 0.6 is 0 Å². The fraction of sp³-hybridized carbons (Fsp3) is 0.500. The molecule has 0 aliphatic rings. The summed E-state index contributed by atoms with van der Waals surface area (Å²) in [6, 6.07) is 1.86. The molecule has 1 rings (SSSR count). The van der Waals surface area contributed by atoms with Crippen molar-refractivity contribution in [1.29, 1.82) is 0 Å². The molecule has 0 aliphatic carbocycles. The molecule has 3 heteroatoms. The lowest BCUT2D eigenvalue weighted by Crippen LogP contribution is -2.07. The van der Waals surface area contributed by atoms with Crippen LogP contribution in [0.1, 0.15) is 39.4 Å². The lowest BCUT2D eigenvalue weighted by atomic mass is 10.1. The third kappa shape index (κ3) is 3.35. The van der Waals surface area contributed by atoms with E-state index < -0.39 is 0 Å². The van der Waals surface area contributed by atoms with Crippen LogP contribution in [0.5, 0.6) is 0 Å². The molecule has 0 unspecified atom stereocenters. The van der Waals surface area contributed by atoms with Gasteiger partial charge in [0.15, 0.2) is 0 Å². The Morgan fingerprint density at radius 2 is 2.00 bits per heavy atom. The first-order valence-corrected chi connectivity index (χ1v) is 5.29. The van der Waals surface area contributed by atoms with Crippen molar-refractivity contribution in [2.24, 2.45) is 5.92 Å². The van der Waals surface area contributed by atoms with Crippen LogP contribution in [-0.4, -0.2) is 9.97 Å². The SMILES string of the molecule is C=C(Nc1ccnc(C(C)C)n1)C(C)C. The van der Waals surface area contributed by atoms with Gasteiger partial charge in [0.05, 0.1) is 0 Å². The van der Waals surface area contributed by atoms with E-state index in [1.54, 1.807) is 6.20 Å². The molecule has 0 spiro atoms. The molecule has 1 heterocycles. The summed E-state index contributed by atoms with van der Waals surface area (Å²) in [5.41, 5.74) is 0.975. The maximum absolute atomic E-state index is 4.41. The molecular formula is C12H19N3. The van der Waals surface area contributed by atoms with Gasteiger partial charge in [0.1, 0.15) is 11.6 Å². The summed E-state index contributed by atoms with van der Waals surface area (Å²) in [6.07, 6.45) is 1.78. The van der Waals surface area contributed by atoms with E-state index in [0.717, 1.165) is 17.3 Å². The standard InChI is InChI=1S/C12H19N3/c1-8(2)10(5)14-11-6-7-13-12(15-11)9(3)4/h6-9H,5H2,1-4H3,(H,13,14,15). The Morgan fingerprint density at radius 1 is 1.33 bits per heavy atom. The smallest absolute Gasteiger partial charge is 0.133 e. The summed E-state index contributed by atoms with van der Waals surface area (Å²) in [5.74, 6) is 2.44. The Balaban J connectivity index is 2.78. The van der Waals surface area contributed by atoms with Gasteiger partial charge in [-0.25, -0.2) is 9.97 Å². The summed E-state index contributed by atoms with van der Waals surface area (Å²) >= 11 is 0. The highest BCUT2D eigenvalue weighted by Gasteiger charge is 2.05. The zero-order chi connectivity index (χ0) is 11.4. The predicted octanol–water partition coefficient (Wildman–Crippen LogP) is 3.18. The minimum Gasteiger partial charge on any atom is -0.344 e. The normalized spacial score (nSPS) is 10.8. The topological polar surface area (TPSA) is 37.8 Å². The molecule has 1 aromatic rings. The summed E-state index contributed by atoms with van der Waals surface area (Å²) in [7, 11) is 0. The van der Waals surface area contributed by atoms with E-state index in [-0.39, 0.29) is 0 Å². The first-order chi connectivity index (χ1) is 7.00. The number of nitrogens with one attached hydrogen (secondary N) is 1. The number of nitrogens with zero attached hydrogens (tertiary/aromatic N) is 2. The first-order valence-electron chi connectivity index (χ1n) is 5.29. The van der Waals surface area contributed by atoms with Crippen molar-refractivity contribution < 1.29 is 0 Å². The lowest BCUT2D eigenvalue weighted by Gasteiger charge is -2.12. The third-order valence-corrected chi connectivity index (χ3v) is 2.18. The molecule has 1 aromatic heterocycles. The van der Waals surface area contributed by atoms with Gasteiger partial charge in [-0.1, -0.05) is 34.3 Å². The fourth-order valence-corrected chi connectivity index (χ4v) is 1.03. The number of anilines is 1. The molecule has 0 bridgehead atoms. The molecule has 82 valence electrons. The summed E-state index contributed by atoms with van der Waals surface area (Å²) < 4.78 is 0. The minimum absolute atomic E-state index is 0.346. The van der Waals surface area contributed by atoms with E-state index in [1.165, 1.54) is 0 Å². The molecule has 15 heavy (non-hydrogen) atoms. The number of hydrogen-bond donors (Lipinski definition) is 1. The van der Waals surface area contributed by atoms with Crippen LogP contribution in [0.15, 0.2) is 24.5 Å². The molecule has 0 aromatic carbocycles. The van der Waals surface area contributed by atoms with E-state index in [1.807, 2.05) is 6.07 Å². The molecule has 0 saturated heterocycles. The van der Waals surface area contributed by atoms with Crippen molar-refractivity contribution in [2.75, 3.05) is 5.32 Å². The number of allylic oxidation sites excluding steroid dienone is 1. The Hall–Kier alpha value is -1.38. The van der Waals surface area contributed by atoms with Gasteiger partial charge in [-0.2, -0.15) is 0 Å². The molecule has 0 saturated carbocycles. The van der Waals surface area contributed by atoms with E-state index >= 15 is 0 Å². The Morgan fingerprint density at radius 3 is 2.53 bits per heavy atom. The van der Waals surface area contributed by atoms with Gasteiger partial charge in [-0.05, 0) is 12.0 Å². The zero-order valence-corrected chi connectivity index (χ0v) is 9.91. The van der Waals surface area contributed by atoms with Gasteiger partial charge < -0.3 is 5.32 Å². The molecule has 0 aliphatic heterocycles. The highest BCUT2D eigenvalue weighted by molar-refractivity contribution is 5.40. The summed E-state index contributed by atoms with van der Waals surface area (Å²) in [4.78, 5) is 8.62. The molecule has 0 atom stereocenters. The van der Waals surface area contributed by atoms with E-state index in [4.69, 9.17) is 0 Å². The van der Waals surface area contributed by atoms with E-state index in [9.17, 15) is 0 Å². The van der Waals surface area contributed by atoms with Crippen molar-refractivity contribution in [1.82, 2.24) is 9.97 Å². The number of rotatable bonds is 4. The summed E-state index contributed by atoms with van der Waals surface area (Å²) in [5, 5.41) is 3.19. The molecule has 1 N–H and O–H groups in total. The first kappa shape index (κ1) is 11.7. The van der Waals surface area contributed by atoms with E-state index in [0.29, 0.717) is 11.8 Å². The molecule has 0 radical (unpaired) electrons. The minimum atomic E-state index is 0.346. The van der Waals surface area contributed by atoms with Crippen LogP contribution in [0.2, 0.25) is 0 Å². The van der Waals surface area contributed by atoms with Crippen molar-refractivity contribution in [3.8, 4) is 0 Å². The van der Waals surface area contributed by atoms with Crippen LogP contribution < -0.4 is 5.32 Å². The fourth-order valence-electron chi connectivity index (χ4n) is 1.03. The van der Waals surface area contributed by atoms with Crippen molar-refractivity contribution in [2.45, 2.75) is 33.6 Å². The maximum atomic E-state index is 4.41. The lowest BCUT2D eigenvalue weighted by molar-refractivity contribution is 0.761. The van der Waals surface area contributed by atoms with E-state index in [2.05, 4.69) is 49.6 Å². The average molecular weight is 205 g/mol. The van der Waals surface area contributed by atoms with Crippen LogP contribution in [0.3, 0.4) is 0 Å². The Kier molecular flexibility index (Phi) is 3.83. The van der Waals surface area contributed by atoms with Gasteiger partial charge in [0.2, 0.25) is 0 Å². The van der Waals surface area contributed by atoms with Gasteiger partial charge >= 0.3 is 0 Å². The molecular weight excluding hydrogens is 186 g/mol. The highest BCUT2D eigenvalue weighted by atomic mass is 15.0. The average Bonchev–Trinajstić information content (AvgIpc) is 2.18. The van der Waals surface area contributed by atoms with Crippen LogP contribution in [0, 0.1) is 5.92 Å². The van der Waals surface area contributed by atoms with Gasteiger partial charge in [-0.15, -0.1) is 0 Å². The second-order valence-corrected chi connectivity index (χ2v) is 4.26. The summed E-state index contributed by atoms with van der Waals surface area (Å²) in [6.45, 7) is 12.3. The quantitative estimate of drug-likeness (QED) is 0.820. The van der Waals surface area contributed by atoms with Crippen molar-refractivity contribution >= 4 is 5.82 Å². The monoisotopic (exact) mass is 205 g/mol. The van der Waals surface area contributed by atoms with Gasteiger partial charge in [0.25, 0.3) is 0 Å². The molecule has 3 nitrogen and oxygen atoms in total. The second kappa shape index (κ2) is 4.91. The van der Waals surface area contributed by atoms with Gasteiger partial charge in [-0.3, -0.25) is 0 Å². The highest BCUT2D eigenvalue weighted by Crippen LogP contribution is 2.14. The zero-order valence-electron chi connectivity index (χ0n) is 9.91. The Labute approximate surface area is 91.7 Å². The van der Waals surface area contributed by atoms with Crippen molar-refractivity contribution in [3.05, 3.63) is 30.4 Å². The largest absolute Gasteiger partial charge is 0.344 e. The van der Waals surface area contributed by atoms with Gasteiger partial charge in [0, 0.05) is 17.8 Å². The maximum Gasteiger partial charge on any atom is 0.133 e. The molecule has 0 amide bonds. The number of hydrogen-bond acceptors (Lipinski definition) is 3. The van der Waals surface area contributed by atoms with Crippen LogP contribution in [0.25, 0.3) is 0 Å². The predicted molar refractivity (Wildman–Crippen MR) is 63.7 cm³/mol. The third-order valence-electron chi connectivity index (χ3n) is 2.18. The van der Waals surface area contributed by atoms with Crippen LogP contribution in [-0.2, 0) is 0 Å². The molecule has 0 fully saturated rings. The van der Waals surface area contributed by atoms with Crippen molar-refractivity contribution in [3.63, 3.8) is 0 Å². The second-order valence-electron chi connectivity index (χ2n) is 4.26.